The minimum absolute atomic E-state index is 0.00345. The molecular weight excluding hydrogens is 546 g/mol. The van der Waals surface area contributed by atoms with E-state index in [1.807, 2.05) is 50.2 Å². The van der Waals surface area contributed by atoms with Gasteiger partial charge >= 0.3 is 0 Å². The van der Waals surface area contributed by atoms with Gasteiger partial charge in [-0.3, -0.25) is 9.69 Å². The van der Waals surface area contributed by atoms with Gasteiger partial charge in [-0.15, -0.1) is 0 Å². The van der Waals surface area contributed by atoms with E-state index in [4.69, 9.17) is 10.7 Å². The van der Waals surface area contributed by atoms with Gasteiger partial charge in [0.1, 0.15) is 23.3 Å². The van der Waals surface area contributed by atoms with Crippen LogP contribution in [-0.2, 0) is 5.54 Å². The Bertz CT molecular complexity index is 1550. The maximum atomic E-state index is 14.0. The Morgan fingerprint density at radius 1 is 1.07 bits per heavy atom. The average molecular weight is 589 g/mol. The zero-order chi connectivity index (χ0) is 30.2. The third kappa shape index (κ3) is 5.90. The first kappa shape index (κ1) is 30.4. The van der Waals surface area contributed by atoms with Crippen molar-refractivity contribution in [2.75, 3.05) is 14.1 Å². The summed E-state index contributed by atoms with van der Waals surface area (Å²) in [5, 5.41) is -1.34. The molecule has 2 fully saturated rings. The van der Waals surface area contributed by atoms with Gasteiger partial charge in [0.05, 0.1) is 28.7 Å². The third-order valence-electron chi connectivity index (χ3n) is 8.39. The van der Waals surface area contributed by atoms with Crippen LogP contribution in [0, 0.1) is 5.92 Å². The quantitative estimate of drug-likeness (QED) is 0.203. The molecule has 2 aromatic heterocycles. The molecule has 42 heavy (non-hydrogen) atoms. The van der Waals surface area contributed by atoms with E-state index in [1.54, 1.807) is 12.4 Å². The topological polar surface area (TPSA) is 89.9 Å². The smallest absolute Gasteiger partial charge is 0.150 e. The van der Waals surface area contributed by atoms with E-state index in [0.29, 0.717) is 11.4 Å². The molecule has 3 aliphatic rings. The standard InChI is InChI=1S/C27H28FN6OP.C4H8.C2H6/c1-33(2)23-10-21(19-6-4-3-5-17(19)13-35)34-22-9-16(7-8-20(22)32-24(23)34)18-11-30-25(31-12-18)26(29)14-27(28,36)15-26;1-4-2-3-4;1-2/h3-9,11-13,21,23H,10,14-15,29,36H2,1-2H3;4H,2-3H2,1H3;1-2H3. The van der Waals surface area contributed by atoms with Crippen LogP contribution in [-0.4, -0.2) is 50.2 Å². The van der Waals surface area contributed by atoms with Crippen LogP contribution in [0.5, 0.6) is 0 Å². The highest BCUT2D eigenvalue weighted by molar-refractivity contribution is 7.18. The Morgan fingerprint density at radius 2 is 1.71 bits per heavy atom. The zero-order valence-corrected chi connectivity index (χ0v) is 26.4. The number of alkyl halides is 1. The fourth-order valence-electron chi connectivity index (χ4n) is 5.96. The molecule has 2 N–H and O–H groups in total. The van der Waals surface area contributed by atoms with Crippen molar-refractivity contribution in [3.05, 3.63) is 77.6 Å². The van der Waals surface area contributed by atoms with Gasteiger partial charge in [-0.05, 0) is 49.7 Å². The van der Waals surface area contributed by atoms with Crippen LogP contribution < -0.4 is 5.73 Å². The van der Waals surface area contributed by atoms with Crippen LogP contribution in [0.1, 0.15) is 92.5 Å². The van der Waals surface area contributed by atoms with Gasteiger partial charge in [-0.2, -0.15) is 0 Å². The Balaban J connectivity index is 0.000000534. The van der Waals surface area contributed by atoms with E-state index in [1.165, 1.54) is 12.8 Å². The number of rotatable bonds is 5. The number of aromatic nitrogens is 4. The van der Waals surface area contributed by atoms with Crippen molar-refractivity contribution in [2.24, 2.45) is 11.7 Å². The molecule has 4 aromatic rings. The summed E-state index contributed by atoms with van der Waals surface area (Å²) in [6.07, 6.45) is 8.62. The van der Waals surface area contributed by atoms with Crippen LogP contribution >= 0.6 is 9.24 Å². The van der Waals surface area contributed by atoms with Crippen molar-refractivity contribution in [3.63, 3.8) is 0 Å². The van der Waals surface area contributed by atoms with Crippen LogP contribution in [0.25, 0.3) is 22.2 Å². The molecule has 0 spiro atoms. The van der Waals surface area contributed by atoms with Gasteiger partial charge in [-0.1, -0.05) is 73.2 Å². The monoisotopic (exact) mass is 588 g/mol. The molecule has 0 bridgehead atoms. The van der Waals surface area contributed by atoms with Gasteiger partial charge in [-0.25, -0.2) is 19.3 Å². The van der Waals surface area contributed by atoms with Crippen LogP contribution in [0.4, 0.5) is 4.39 Å². The minimum atomic E-state index is -1.34. The lowest BCUT2D eigenvalue weighted by Crippen LogP contribution is -2.55. The van der Waals surface area contributed by atoms with Crippen molar-refractivity contribution in [3.8, 4) is 11.1 Å². The predicted octanol–water partition coefficient (Wildman–Crippen LogP) is 6.83. The molecule has 3 unspecified atom stereocenters. The first-order valence-corrected chi connectivity index (χ1v) is 15.5. The number of halogens is 1. The first-order chi connectivity index (χ1) is 20.1. The van der Waals surface area contributed by atoms with E-state index in [-0.39, 0.29) is 24.9 Å². The fraction of sp³-hybridized carbons (Fsp3) is 0.455. The lowest BCUT2D eigenvalue weighted by Gasteiger charge is -2.46. The number of fused-ring (bicyclic) bond motifs is 3. The van der Waals surface area contributed by atoms with E-state index in [0.717, 1.165) is 52.2 Å². The van der Waals surface area contributed by atoms with Gasteiger partial charge in [0.25, 0.3) is 0 Å². The first-order valence-electron chi connectivity index (χ1n) is 14.9. The Hall–Kier alpha value is -3.06. The molecule has 222 valence electrons. The number of carbonyl (C=O) groups excluding carboxylic acids is 1. The highest BCUT2D eigenvalue weighted by Gasteiger charge is 2.53. The van der Waals surface area contributed by atoms with E-state index in [9.17, 15) is 9.18 Å². The zero-order valence-electron chi connectivity index (χ0n) is 25.2. The largest absolute Gasteiger partial charge is 0.319 e. The summed E-state index contributed by atoms with van der Waals surface area (Å²) in [5.41, 5.74) is 10.9. The number of nitrogens with zero attached hydrogens (tertiary/aromatic N) is 5. The highest BCUT2D eigenvalue weighted by atomic mass is 31.0. The SMILES string of the molecule is CC.CC1CC1.CN(C)C1CC(c2ccccc2C=O)n2c1nc1ccc(-c3cnc(C4(N)CC(F)(P)C4)nc3)cc12. The second-order valence-electron chi connectivity index (χ2n) is 12.0. The molecule has 2 aromatic carbocycles. The molecule has 7 rings (SSSR count). The minimum Gasteiger partial charge on any atom is -0.319 e. The molecule has 0 saturated heterocycles. The fourth-order valence-corrected chi connectivity index (χ4v) is 6.69. The Kier molecular flexibility index (Phi) is 8.62. The number of hydrogen-bond donors (Lipinski definition) is 1. The van der Waals surface area contributed by atoms with Crippen LogP contribution in [0.3, 0.4) is 0 Å². The number of benzene rings is 2. The van der Waals surface area contributed by atoms with Crippen molar-refractivity contribution in [1.82, 2.24) is 24.4 Å². The molecule has 9 heteroatoms. The Labute approximate surface area is 250 Å². The highest BCUT2D eigenvalue weighted by Crippen LogP contribution is 2.52. The van der Waals surface area contributed by atoms with Crippen LogP contribution in [0.15, 0.2) is 54.9 Å². The molecule has 0 radical (unpaired) electrons. The predicted molar refractivity (Wildman–Crippen MR) is 170 cm³/mol. The van der Waals surface area contributed by atoms with Gasteiger partial charge in [0.15, 0.2) is 0 Å². The lowest BCUT2D eigenvalue weighted by atomic mass is 9.74. The molecule has 3 atom stereocenters. The number of nitrogens with two attached hydrogens (primary N) is 1. The van der Waals surface area contributed by atoms with E-state index in [2.05, 4.69) is 55.8 Å². The summed E-state index contributed by atoms with van der Waals surface area (Å²) in [4.78, 5) is 28.0. The number of carbonyl (C=O) groups is 1. The molecule has 3 heterocycles. The second kappa shape index (κ2) is 11.9. The van der Waals surface area contributed by atoms with Crippen molar-refractivity contribution < 1.29 is 9.18 Å². The molecule has 1 aliphatic heterocycles. The maximum absolute atomic E-state index is 14.0. The summed E-state index contributed by atoms with van der Waals surface area (Å²) < 4.78 is 16.3. The second-order valence-corrected chi connectivity index (χ2v) is 13.1. The summed E-state index contributed by atoms with van der Waals surface area (Å²) in [7, 11) is 6.34. The summed E-state index contributed by atoms with van der Waals surface area (Å²) >= 11 is 0. The van der Waals surface area contributed by atoms with Crippen molar-refractivity contribution in [1.29, 1.82) is 0 Å². The van der Waals surface area contributed by atoms with Crippen molar-refractivity contribution in [2.45, 2.75) is 75.9 Å². The lowest BCUT2D eigenvalue weighted by molar-refractivity contribution is 0.0595. The van der Waals surface area contributed by atoms with E-state index >= 15 is 0 Å². The Morgan fingerprint density at radius 3 is 2.29 bits per heavy atom. The summed E-state index contributed by atoms with van der Waals surface area (Å²) in [6.45, 7) is 6.28. The normalized spacial score (nSPS) is 26.0. The molecule has 2 saturated carbocycles. The summed E-state index contributed by atoms with van der Waals surface area (Å²) in [6, 6.07) is 14.0. The summed E-state index contributed by atoms with van der Waals surface area (Å²) in [5.74, 6) is 2.54. The van der Waals surface area contributed by atoms with Crippen molar-refractivity contribution >= 4 is 26.6 Å². The number of aldehydes is 1. The third-order valence-corrected chi connectivity index (χ3v) is 8.80. The van der Waals surface area contributed by atoms with E-state index < -0.39 is 10.9 Å². The van der Waals surface area contributed by atoms with Crippen LogP contribution in [0.2, 0.25) is 0 Å². The molecule has 0 amide bonds. The van der Waals surface area contributed by atoms with Gasteiger partial charge in [0.2, 0.25) is 0 Å². The maximum Gasteiger partial charge on any atom is 0.150 e. The van der Waals surface area contributed by atoms with Gasteiger partial charge in [0, 0.05) is 36.4 Å². The average Bonchev–Trinajstić information content (AvgIpc) is 3.53. The number of imidazole rings is 1. The molecule has 7 nitrogen and oxygen atoms in total. The molecular formula is C33H42FN6OP. The molecule has 2 aliphatic carbocycles. The number of hydrogen-bond acceptors (Lipinski definition) is 6. The van der Waals surface area contributed by atoms with Gasteiger partial charge < -0.3 is 10.3 Å².